The first-order chi connectivity index (χ1) is 22.2. The Balaban J connectivity index is 1.32. The molecule has 1 atom stereocenters. The van der Waals surface area contributed by atoms with Crippen LogP contribution in [0.4, 0.5) is 17.1 Å². The first kappa shape index (κ1) is 27.2. The molecule has 0 aliphatic heterocycles. The molecule has 0 radical (unpaired) electrons. The lowest BCUT2D eigenvalue weighted by atomic mass is 9.88. The minimum absolute atomic E-state index is 0.109. The summed E-state index contributed by atoms with van der Waals surface area (Å²) in [5.41, 5.74) is 18.0. The SMILES string of the molecule is CCC(c1ccc(-c2c3ccc4c(c3nc3c2ccc2ccccc23)C=CCC4)cc1)N(c1ccccc1)c1ccccc1N. The predicted molar refractivity (Wildman–Crippen MR) is 192 cm³/mol. The summed E-state index contributed by atoms with van der Waals surface area (Å²) in [6.07, 6.45) is 7.62. The molecule has 218 valence electrons. The summed E-state index contributed by atoms with van der Waals surface area (Å²) < 4.78 is 0. The number of aryl methyl sites for hydroxylation is 1. The highest BCUT2D eigenvalue weighted by Crippen LogP contribution is 2.43. The van der Waals surface area contributed by atoms with E-state index in [4.69, 9.17) is 10.7 Å². The molecular weight excluding hydrogens is 546 g/mol. The van der Waals surface area contributed by atoms with Crippen molar-refractivity contribution in [3.8, 4) is 11.1 Å². The van der Waals surface area contributed by atoms with Crippen LogP contribution in [0.2, 0.25) is 0 Å². The molecule has 0 saturated heterocycles. The number of rotatable bonds is 6. The number of aromatic nitrogens is 1. The Kier molecular flexibility index (Phi) is 6.80. The van der Waals surface area contributed by atoms with Crippen molar-refractivity contribution in [2.45, 2.75) is 32.2 Å². The molecule has 1 aliphatic carbocycles. The molecule has 2 N–H and O–H groups in total. The second-order valence-electron chi connectivity index (χ2n) is 12.0. The number of nitrogen functional groups attached to an aromatic ring is 1. The lowest BCUT2D eigenvalue weighted by molar-refractivity contribution is 0.673. The van der Waals surface area contributed by atoms with Gasteiger partial charge in [-0.25, -0.2) is 4.98 Å². The molecule has 0 amide bonds. The number of fused-ring (bicyclic) bond motifs is 6. The van der Waals surface area contributed by atoms with Crippen LogP contribution in [0.3, 0.4) is 0 Å². The molecular formula is C42H35N3. The molecule has 0 bridgehead atoms. The molecule has 1 aliphatic rings. The Labute approximate surface area is 264 Å². The van der Waals surface area contributed by atoms with Gasteiger partial charge in [0.2, 0.25) is 0 Å². The van der Waals surface area contributed by atoms with Gasteiger partial charge in [-0.05, 0) is 65.6 Å². The van der Waals surface area contributed by atoms with Gasteiger partial charge in [0.25, 0.3) is 0 Å². The molecule has 6 aromatic carbocycles. The monoisotopic (exact) mass is 581 g/mol. The van der Waals surface area contributed by atoms with Crippen molar-refractivity contribution >= 4 is 55.7 Å². The fraction of sp³-hybridized carbons (Fsp3) is 0.119. The maximum Gasteiger partial charge on any atom is 0.0794 e. The fourth-order valence-corrected chi connectivity index (χ4v) is 7.18. The second-order valence-corrected chi connectivity index (χ2v) is 12.0. The Bertz CT molecular complexity index is 2210. The van der Waals surface area contributed by atoms with Gasteiger partial charge >= 0.3 is 0 Å². The summed E-state index contributed by atoms with van der Waals surface area (Å²) in [4.78, 5) is 7.77. The van der Waals surface area contributed by atoms with E-state index in [1.807, 2.05) is 12.1 Å². The first-order valence-corrected chi connectivity index (χ1v) is 15.9. The molecule has 45 heavy (non-hydrogen) atoms. The van der Waals surface area contributed by atoms with Crippen molar-refractivity contribution in [3.63, 3.8) is 0 Å². The van der Waals surface area contributed by atoms with Gasteiger partial charge in [0.05, 0.1) is 28.5 Å². The van der Waals surface area contributed by atoms with Crippen molar-refractivity contribution in [2.75, 3.05) is 10.6 Å². The van der Waals surface area contributed by atoms with Crippen LogP contribution >= 0.6 is 0 Å². The van der Waals surface area contributed by atoms with Crippen LogP contribution in [-0.2, 0) is 6.42 Å². The van der Waals surface area contributed by atoms with E-state index in [2.05, 4.69) is 139 Å². The molecule has 1 unspecified atom stereocenters. The maximum atomic E-state index is 6.57. The minimum Gasteiger partial charge on any atom is -0.397 e. The molecule has 3 heteroatoms. The maximum absolute atomic E-state index is 6.57. The number of nitrogens with two attached hydrogens (primary N) is 1. The number of allylic oxidation sites excluding steroid dienone is 1. The Morgan fingerprint density at radius 2 is 1.44 bits per heavy atom. The standard InChI is InChI=1S/C42H35N3/c1-2-38(45(32-14-4-3-5-15-32)39-19-11-10-18-37(39)43)30-20-22-31(23-21-30)40-35-26-24-28-12-6-8-16-33(28)41(35)44-42-34-17-9-7-13-29(34)25-27-36(40)42/h3-6,8-12,14-27,38H,2,7,13,43H2,1H3. The minimum atomic E-state index is 0.109. The van der Waals surface area contributed by atoms with Gasteiger partial charge < -0.3 is 10.6 Å². The molecule has 1 heterocycles. The summed E-state index contributed by atoms with van der Waals surface area (Å²) in [6, 6.07) is 45.7. The van der Waals surface area contributed by atoms with E-state index in [0.29, 0.717) is 0 Å². The van der Waals surface area contributed by atoms with Gasteiger partial charge in [-0.2, -0.15) is 0 Å². The fourth-order valence-electron chi connectivity index (χ4n) is 7.18. The summed E-state index contributed by atoms with van der Waals surface area (Å²) in [6.45, 7) is 2.25. The van der Waals surface area contributed by atoms with E-state index in [-0.39, 0.29) is 6.04 Å². The zero-order chi connectivity index (χ0) is 30.3. The van der Waals surface area contributed by atoms with Crippen LogP contribution in [0.25, 0.3) is 49.8 Å². The molecule has 0 fully saturated rings. The summed E-state index contributed by atoms with van der Waals surface area (Å²) in [7, 11) is 0. The molecule has 1 aromatic heterocycles. The van der Waals surface area contributed by atoms with Crippen LogP contribution in [0.15, 0.2) is 133 Å². The smallest absolute Gasteiger partial charge is 0.0794 e. The van der Waals surface area contributed by atoms with Gasteiger partial charge in [-0.3, -0.25) is 0 Å². The van der Waals surface area contributed by atoms with Crippen LogP contribution in [-0.4, -0.2) is 4.98 Å². The quantitative estimate of drug-likeness (QED) is 0.121. The molecule has 0 saturated carbocycles. The lowest BCUT2D eigenvalue weighted by Crippen LogP contribution is -2.24. The van der Waals surface area contributed by atoms with Crippen molar-refractivity contribution in [3.05, 3.63) is 150 Å². The van der Waals surface area contributed by atoms with E-state index < -0.39 is 0 Å². The number of hydrogen-bond acceptors (Lipinski definition) is 3. The van der Waals surface area contributed by atoms with Gasteiger partial charge in [0.15, 0.2) is 0 Å². The summed E-state index contributed by atoms with van der Waals surface area (Å²) >= 11 is 0. The lowest BCUT2D eigenvalue weighted by Gasteiger charge is -2.34. The van der Waals surface area contributed by atoms with E-state index in [0.717, 1.165) is 47.4 Å². The van der Waals surface area contributed by atoms with Gasteiger partial charge in [-0.15, -0.1) is 0 Å². The van der Waals surface area contributed by atoms with Crippen molar-refractivity contribution in [1.29, 1.82) is 0 Å². The third-order valence-electron chi connectivity index (χ3n) is 9.35. The Hall–Kier alpha value is -5.41. The van der Waals surface area contributed by atoms with Crippen LogP contribution in [0, 0.1) is 0 Å². The molecule has 7 aromatic rings. The number of anilines is 3. The zero-order valence-electron chi connectivity index (χ0n) is 25.4. The van der Waals surface area contributed by atoms with Crippen molar-refractivity contribution in [1.82, 2.24) is 4.98 Å². The summed E-state index contributed by atoms with van der Waals surface area (Å²) in [5.74, 6) is 0. The van der Waals surface area contributed by atoms with Crippen molar-refractivity contribution in [2.24, 2.45) is 0 Å². The van der Waals surface area contributed by atoms with Gasteiger partial charge in [0.1, 0.15) is 0 Å². The molecule has 8 rings (SSSR count). The average molecular weight is 582 g/mol. The number of pyridine rings is 1. The van der Waals surface area contributed by atoms with Crippen LogP contribution in [0.1, 0.15) is 42.5 Å². The highest BCUT2D eigenvalue weighted by molar-refractivity contribution is 6.18. The normalized spacial score (nSPS) is 13.3. The largest absolute Gasteiger partial charge is 0.397 e. The van der Waals surface area contributed by atoms with E-state index in [1.54, 1.807) is 0 Å². The van der Waals surface area contributed by atoms with E-state index >= 15 is 0 Å². The second kappa shape index (κ2) is 11.3. The average Bonchev–Trinajstić information content (AvgIpc) is 3.10. The number of nitrogens with zero attached hydrogens (tertiary/aromatic N) is 2. The van der Waals surface area contributed by atoms with E-state index in [9.17, 15) is 0 Å². The highest BCUT2D eigenvalue weighted by Gasteiger charge is 2.24. The topological polar surface area (TPSA) is 42.2 Å². The number of hydrogen-bond donors (Lipinski definition) is 1. The van der Waals surface area contributed by atoms with Gasteiger partial charge in [-0.1, -0.05) is 122 Å². The molecule has 0 spiro atoms. The van der Waals surface area contributed by atoms with Gasteiger partial charge in [0, 0.05) is 33.0 Å². The van der Waals surface area contributed by atoms with Crippen LogP contribution in [0.5, 0.6) is 0 Å². The molecule has 3 nitrogen and oxygen atoms in total. The van der Waals surface area contributed by atoms with E-state index in [1.165, 1.54) is 49.4 Å². The first-order valence-electron chi connectivity index (χ1n) is 15.9. The van der Waals surface area contributed by atoms with Crippen molar-refractivity contribution < 1.29 is 0 Å². The third-order valence-corrected chi connectivity index (χ3v) is 9.35. The number of para-hydroxylation sites is 3. The highest BCUT2D eigenvalue weighted by atomic mass is 15.2. The Morgan fingerprint density at radius 3 is 2.27 bits per heavy atom. The number of benzene rings is 6. The predicted octanol–water partition coefficient (Wildman–Crippen LogP) is 11.0. The zero-order valence-corrected chi connectivity index (χ0v) is 25.4. The third kappa shape index (κ3) is 4.63. The Morgan fingerprint density at radius 1 is 0.711 bits per heavy atom. The summed E-state index contributed by atoms with van der Waals surface area (Å²) in [5, 5.41) is 4.79. The van der Waals surface area contributed by atoms with Crippen LogP contribution < -0.4 is 10.6 Å².